The summed E-state index contributed by atoms with van der Waals surface area (Å²) in [6, 6.07) is 7.10. The van der Waals surface area contributed by atoms with Gasteiger partial charge in [0.05, 0.1) is 23.5 Å². The Kier molecular flexibility index (Phi) is 7.17. The predicted molar refractivity (Wildman–Crippen MR) is 135 cm³/mol. The lowest BCUT2D eigenvalue weighted by atomic mass is 9.70. The zero-order valence-corrected chi connectivity index (χ0v) is 21.3. The molecule has 1 amide bonds. The Morgan fingerprint density at radius 3 is 2.33 bits per heavy atom. The highest BCUT2D eigenvalue weighted by atomic mass is 19.1. The Labute approximate surface area is 212 Å². The maximum atomic E-state index is 14.2. The third-order valence-electron chi connectivity index (χ3n) is 8.78. The number of rotatable bonds is 7. The van der Waals surface area contributed by atoms with Crippen LogP contribution in [0.2, 0.25) is 0 Å². The number of aryl methyl sites for hydroxylation is 2. The highest BCUT2D eigenvalue weighted by Crippen LogP contribution is 2.40. The van der Waals surface area contributed by atoms with E-state index in [2.05, 4.69) is 25.8 Å². The first-order chi connectivity index (χ1) is 17.4. The van der Waals surface area contributed by atoms with Crippen LogP contribution in [0.1, 0.15) is 46.6 Å². The molecule has 4 heterocycles. The van der Waals surface area contributed by atoms with Crippen LogP contribution in [-0.4, -0.2) is 89.2 Å². The van der Waals surface area contributed by atoms with Gasteiger partial charge in [0.15, 0.2) is 0 Å². The van der Waals surface area contributed by atoms with Gasteiger partial charge in [0, 0.05) is 26.2 Å². The Morgan fingerprint density at radius 2 is 1.72 bits per heavy atom. The molecule has 1 aromatic carbocycles. The largest absolute Gasteiger partial charge is 0.338 e. The number of halogens is 1. The molecule has 1 aromatic heterocycles. The molecule has 0 spiro atoms. The summed E-state index contributed by atoms with van der Waals surface area (Å²) in [4.78, 5) is 39.4. The smallest absolute Gasteiger partial charge is 0.257 e. The Bertz CT molecular complexity index is 1080. The monoisotopic (exact) mass is 493 g/mol. The molecule has 0 N–H and O–H groups in total. The van der Waals surface area contributed by atoms with Crippen LogP contribution in [0, 0.1) is 31.5 Å². The second kappa shape index (κ2) is 10.3. The van der Waals surface area contributed by atoms with Crippen LogP contribution in [0.15, 0.2) is 30.6 Å². The van der Waals surface area contributed by atoms with Crippen molar-refractivity contribution in [2.45, 2.75) is 38.5 Å². The first-order valence-corrected chi connectivity index (χ1v) is 13.1. The van der Waals surface area contributed by atoms with Gasteiger partial charge in [-0.1, -0.05) is 12.1 Å². The molecular formula is C28H36FN5O2. The van der Waals surface area contributed by atoms with E-state index in [-0.39, 0.29) is 17.1 Å². The molecule has 192 valence electrons. The number of likely N-dealkylation sites (tertiary alicyclic amines) is 3. The third kappa shape index (κ3) is 4.93. The fourth-order valence-corrected chi connectivity index (χ4v) is 6.64. The molecule has 3 aliphatic heterocycles. The van der Waals surface area contributed by atoms with Crippen LogP contribution in [0.3, 0.4) is 0 Å². The average molecular weight is 494 g/mol. The van der Waals surface area contributed by atoms with Crippen molar-refractivity contribution in [1.82, 2.24) is 24.7 Å². The van der Waals surface area contributed by atoms with Gasteiger partial charge in [0.25, 0.3) is 5.91 Å². The minimum absolute atomic E-state index is 0.0543. The van der Waals surface area contributed by atoms with E-state index in [4.69, 9.17) is 0 Å². The number of aldehydes is 1. The number of aromatic nitrogens is 2. The standard InChI is InChI=1S/C28H36FN5O2/c1-20-26(21(2)31-19-30-20)27(36)34-17-22-15-33(16-23(22)18-34)11-8-28(24-4-3-5-25(29)14-24)6-9-32(10-7-28)12-13-35/h3-5,13-14,19,22-23H,6-12,15-18H2,1-2H3. The van der Waals surface area contributed by atoms with E-state index in [0.717, 1.165) is 88.3 Å². The number of fused-ring (bicyclic) bond motifs is 1. The topological polar surface area (TPSA) is 69.6 Å². The molecule has 3 fully saturated rings. The summed E-state index contributed by atoms with van der Waals surface area (Å²) in [5.41, 5.74) is 3.15. The summed E-state index contributed by atoms with van der Waals surface area (Å²) in [5.74, 6) is 0.841. The SMILES string of the molecule is Cc1ncnc(C)c1C(=O)N1CC2CN(CCC3(c4cccc(F)c4)CCN(CC=O)CC3)CC2C1. The number of hydrogen-bond donors (Lipinski definition) is 0. The summed E-state index contributed by atoms with van der Waals surface area (Å²) < 4.78 is 14.2. The minimum Gasteiger partial charge on any atom is -0.338 e. The summed E-state index contributed by atoms with van der Waals surface area (Å²) >= 11 is 0. The number of benzene rings is 1. The number of nitrogens with zero attached hydrogens (tertiary/aromatic N) is 5. The average Bonchev–Trinajstić information content (AvgIpc) is 3.43. The van der Waals surface area contributed by atoms with Crippen molar-refractivity contribution in [3.8, 4) is 0 Å². The molecule has 5 rings (SSSR count). The Balaban J connectivity index is 1.21. The maximum absolute atomic E-state index is 14.2. The Hall–Kier alpha value is -2.71. The fraction of sp³-hybridized carbons (Fsp3) is 0.571. The zero-order chi connectivity index (χ0) is 25.3. The van der Waals surface area contributed by atoms with Gasteiger partial charge in [0.2, 0.25) is 0 Å². The predicted octanol–water partition coefficient (Wildman–Crippen LogP) is 2.86. The van der Waals surface area contributed by atoms with E-state index in [1.54, 1.807) is 6.07 Å². The first-order valence-electron chi connectivity index (χ1n) is 13.1. The fourth-order valence-electron chi connectivity index (χ4n) is 6.64. The van der Waals surface area contributed by atoms with Crippen LogP contribution >= 0.6 is 0 Å². The molecule has 2 atom stereocenters. The van der Waals surface area contributed by atoms with Gasteiger partial charge in [0.1, 0.15) is 18.4 Å². The second-order valence-electron chi connectivity index (χ2n) is 10.9. The molecule has 2 unspecified atom stereocenters. The molecule has 7 nitrogen and oxygen atoms in total. The van der Waals surface area contributed by atoms with Crippen molar-refractivity contribution < 1.29 is 14.0 Å². The highest BCUT2D eigenvalue weighted by Gasteiger charge is 2.43. The highest BCUT2D eigenvalue weighted by molar-refractivity contribution is 5.96. The van der Waals surface area contributed by atoms with Crippen LogP contribution < -0.4 is 0 Å². The number of amides is 1. The van der Waals surface area contributed by atoms with Gasteiger partial charge in [-0.2, -0.15) is 0 Å². The van der Waals surface area contributed by atoms with Crippen LogP contribution in [-0.2, 0) is 10.2 Å². The molecular weight excluding hydrogens is 457 g/mol. The van der Waals surface area contributed by atoms with E-state index in [9.17, 15) is 14.0 Å². The van der Waals surface area contributed by atoms with Crippen molar-refractivity contribution in [2.75, 3.05) is 52.4 Å². The normalized spacial score (nSPS) is 24.1. The molecule has 2 aromatic rings. The maximum Gasteiger partial charge on any atom is 0.257 e. The first kappa shape index (κ1) is 25.0. The van der Waals surface area contributed by atoms with Crippen LogP contribution in [0.5, 0.6) is 0 Å². The van der Waals surface area contributed by atoms with E-state index in [0.29, 0.717) is 23.9 Å². The van der Waals surface area contributed by atoms with E-state index in [1.807, 2.05) is 24.8 Å². The van der Waals surface area contributed by atoms with Gasteiger partial charge >= 0.3 is 0 Å². The van der Waals surface area contributed by atoms with Crippen molar-refractivity contribution >= 4 is 12.2 Å². The van der Waals surface area contributed by atoms with E-state index >= 15 is 0 Å². The molecule has 0 aliphatic carbocycles. The summed E-state index contributed by atoms with van der Waals surface area (Å²) in [6.07, 6.45) is 5.34. The number of piperidine rings is 1. The molecule has 3 aliphatic rings. The lowest BCUT2D eigenvalue weighted by molar-refractivity contribution is -0.109. The number of carbonyl (C=O) groups excluding carboxylic acids is 2. The van der Waals surface area contributed by atoms with Crippen molar-refractivity contribution in [3.63, 3.8) is 0 Å². The number of hydrogen-bond acceptors (Lipinski definition) is 6. The molecule has 36 heavy (non-hydrogen) atoms. The van der Waals surface area contributed by atoms with Crippen LogP contribution in [0.25, 0.3) is 0 Å². The van der Waals surface area contributed by atoms with Gasteiger partial charge in [-0.05, 0) is 87.7 Å². The minimum atomic E-state index is -0.183. The summed E-state index contributed by atoms with van der Waals surface area (Å²) in [7, 11) is 0. The molecule has 3 saturated heterocycles. The molecule has 0 radical (unpaired) electrons. The van der Waals surface area contributed by atoms with Gasteiger partial charge in [-0.3, -0.25) is 9.69 Å². The molecule has 8 heteroatoms. The summed E-state index contributed by atoms with van der Waals surface area (Å²) in [6.45, 7) is 10.5. The van der Waals surface area contributed by atoms with E-state index < -0.39 is 0 Å². The quantitative estimate of drug-likeness (QED) is 0.553. The van der Waals surface area contributed by atoms with Gasteiger partial charge in [-0.25, -0.2) is 14.4 Å². The third-order valence-corrected chi connectivity index (χ3v) is 8.78. The molecule has 0 saturated carbocycles. The lowest BCUT2D eigenvalue weighted by Crippen LogP contribution is -2.45. The van der Waals surface area contributed by atoms with Crippen molar-refractivity contribution in [1.29, 1.82) is 0 Å². The number of carbonyl (C=O) groups is 2. The lowest BCUT2D eigenvalue weighted by Gasteiger charge is -2.43. The van der Waals surface area contributed by atoms with Gasteiger partial charge in [-0.15, -0.1) is 0 Å². The van der Waals surface area contributed by atoms with Crippen LogP contribution in [0.4, 0.5) is 4.39 Å². The molecule has 0 bridgehead atoms. The zero-order valence-electron chi connectivity index (χ0n) is 21.3. The van der Waals surface area contributed by atoms with Crippen molar-refractivity contribution in [2.24, 2.45) is 11.8 Å². The van der Waals surface area contributed by atoms with E-state index in [1.165, 1.54) is 12.4 Å². The second-order valence-corrected chi connectivity index (χ2v) is 10.9. The summed E-state index contributed by atoms with van der Waals surface area (Å²) in [5, 5.41) is 0. The van der Waals surface area contributed by atoms with Crippen molar-refractivity contribution in [3.05, 3.63) is 58.9 Å². The Morgan fingerprint density at radius 1 is 1.06 bits per heavy atom. The van der Waals surface area contributed by atoms with Gasteiger partial charge < -0.3 is 14.6 Å².